The fourth-order valence-corrected chi connectivity index (χ4v) is 7.49. The molecule has 0 amide bonds. The van der Waals surface area contributed by atoms with Crippen molar-refractivity contribution in [1.29, 1.82) is 0 Å². The number of hydrogen-bond donors (Lipinski definition) is 0. The Morgan fingerprint density at radius 2 is 1.42 bits per heavy atom. The van der Waals surface area contributed by atoms with Gasteiger partial charge in [-0.2, -0.15) is 11.2 Å². The van der Waals surface area contributed by atoms with E-state index < -0.39 is 15.5 Å². The van der Waals surface area contributed by atoms with E-state index in [0.29, 0.717) is 5.44 Å². The Labute approximate surface area is 83.1 Å². The average molecular weight is 223 g/mol. The summed E-state index contributed by atoms with van der Waals surface area (Å²) in [5.41, 5.74) is 0.392. The smallest absolute Gasteiger partial charge is 0.185 e. The number of rotatable bonds is 4. The molecule has 0 aliphatic rings. The van der Waals surface area contributed by atoms with E-state index in [1.807, 2.05) is 11.2 Å². The lowest BCUT2D eigenvalue weighted by Crippen LogP contribution is -2.31. The monoisotopic (exact) mass is 222 g/mol. The Morgan fingerprint density at radius 1 is 1.00 bits per heavy atom. The predicted molar refractivity (Wildman–Crippen MR) is 64.8 cm³/mol. The minimum absolute atomic E-state index is 0.392. The van der Waals surface area contributed by atoms with Crippen molar-refractivity contribution in [3.05, 3.63) is 0 Å². The molecule has 0 spiro atoms. The third-order valence-corrected chi connectivity index (χ3v) is 6.52. The highest BCUT2D eigenvalue weighted by Crippen LogP contribution is 2.27. The van der Waals surface area contributed by atoms with E-state index in [1.54, 1.807) is 0 Å². The lowest BCUT2D eigenvalue weighted by Gasteiger charge is -2.27. The van der Waals surface area contributed by atoms with Crippen molar-refractivity contribution in [2.24, 2.45) is 0 Å². The van der Waals surface area contributed by atoms with Gasteiger partial charge in [-0.1, -0.05) is 19.6 Å². The Balaban J connectivity index is 3.83. The molecule has 0 heterocycles. The summed E-state index contributed by atoms with van der Waals surface area (Å²) in [4.78, 5) is 0. The van der Waals surface area contributed by atoms with Crippen LogP contribution in [-0.4, -0.2) is 21.0 Å². The summed E-state index contributed by atoms with van der Waals surface area (Å²) in [6.45, 7) is 16.0. The van der Waals surface area contributed by atoms with Gasteiger partial charge in [0, 0.05) is 0 Å². The molecular formula is C8H22OSSi2. The van der Waals surface area contributed by atoms with Crippen molar-refractivity contribution in [2.75, 3.05) is 0 Å². The van der Waals surface area contributed by atoms with E-state index in [9.17, 15) is 0 Å². The van der Waals surface area contributed by atoms with E-state index >= 15 is 0 Å². The van der Waals surface area contributed by atoms with E-state index in [0.717, 1.165) is 0 Å². The third-order valence-electron chi connectivity index (χ3n) is 1.04. The molecule has 1 unspecified atom stereocenters. The van der Waals surface area contributed by atoms with Gasteiger partial charge >= 0.3 is 0 Å². The minimum Gasteiger partial charge on any atom is -0.407 e. The van der Waals surface area contributed by atoms with Crippen LogP contribution in [0.4, 0.5) is 0 Å². The largest absolute Gasteiger partial charge is 0.407 e. The molecule has 0 aromatic rings. The second-order valence-electron chi connectivity index (χ2n) is 5.03. The summed E-state index contributed by atoms with van der Waals surface area (Å²) in [6, 6.07) is 0. The van der Waals surface area contributed by atoms with E-state index in [4.69, 9.17) is 4.43 Å². The zero-order valence-electron chi connectivity index (χ0n) is 9.39. The molecule has 1 atom stereocenters. The molecule has 4 heteroatoms. The summed E-state index contributed by atoms with van der Waals surface area (Å²) in [5.74, 6) is 0. The molecular weight excluding hydrogens is 200 g/mol. The number of hydrogen-bond acceptors (Lipinski definition) is 2. The maximum absolute atomic E-state index is 5.95. The van der Waals surface area contributed by atoms with Crippen molar-refractivity contribution >= 4 is 26.8 Å². The van der Waals surface area contributed by atoms with Gasteiger partial charge in [0.2, 0.25) is 0 Å². The minimum atomic E-state index is -1.32. The van der Waals surface area contributed by atoms with Crippen LogP contribution in [0, 0.1) is 0 Å². The SMILES string of the molecule is CC(O[Si](C)(C)C)S[Si](C)(C)C. The van der Waals surface area contributed by atoms with Crippen molar-refractivity contribution in [1.82, 2.24) is 0 Å². The topological polar surface area (TPSA) is 9.23 Å². The first kappa shape index (κ1) is 12.7. The first-order chi connectivity index (χ1) is 5.10. The fraction of sp³-hybridized carbons (Fsp3) is 1.00. The average Bonchev–Trinajstić information content (AvgIpc) is 1.49. The van der Waals surface area contributed by atoms with E-state index in [1.165, 1.54) is 0 Å². The van der Waals surface area contributed by atoms with Gasteiger partial charge in [0.25, 0.3) is 0 Å². The molecule has 0 fully saturated rings. The van der Waals surface area contributed by atoms with Crippen LogP contribution in [0.3, 0.4) is 0 Å². The van der Waals surface area contributed by atoms with Crippen LogP contribution in [0.1, 0.15) is 6.92 Å². The molecule has 0 N–H and O–H groups in total. The summed E-state index contributed by atoms with van der Waals surface area (Å²) >= 11 is 2.03. The Kier molecular flexibility index (Phi) is 4.57. The van der Waals surface area contributed by atoms with Gasteiger partial charge in [0.1, 0.15) is 7.22 Å². The molecule has 1 nitrogen and oxygen atoms in total. The van der Waals surface area contributed by atoms with Gasteiger partial charge in [-0.05, 0) is 26.6 Å². The Morgan fingerprint density at radius 3 is 1.67 bits per heavy atom. The molecule has 0 bridgehead atoms. The standard InChI is InChI=1S/C8H22OSSi2/c1-8(9-11(2,3)4)10-12(5,6)7/h8H,1-7H3. The quantitative estimate of drug-likeness (QED) is 0.529. The fourth-order valence-electron chi connectivity index (χ4n) is 1.02. The van der Waals surface area contributed by atoms with Crippen LogP contribution in [0.5, 0.6) is 0 Å². The summed E-state index contributed by atoms with van der Waals surface area (Å²) < 4.78 is 5.95. The summed E-state index contributed by atoms with van der Waals surface area (Å²) in [6.07, 6.45) is 0. The van der Waals surface area contributed by atoms with Crippen LogP contribution < -0.4 is 0 Å². The van der Waals surface area contributed by atoms with Crippen molar-refractivity contribution in [2.45, 2.75) is 51.6 Å². The highest BCUT2D eigenvalue weighted by atomic mass is 32.4. The van der Waals surface area contributed by atoms with Crippen molar-refractivity contribution in [3.8, 4) is 0 Å². The predicted octanol–water partition coefficient (Wildman–Crippen LogP) is 3.75. The molecule has 0 aliphatic heterocycles. The van der Waals surface area contributed by atoms with Crippen molar-refractivity contribution in [3.63, 3.8) is 0 Å². The van der Waals surface area contributed by atoms with Crippen LogP contribution in [0.15, 0.2) is 0 Å². The first-order valence-electron chi connectivity index (χ1n) is 4.46. The lowest BCUT2D eigenvalue weighted by molar-refractivity contribution is 0.302. The second-order valence-corrected chi connectivity index (χ2v) is 19.0. The van der Waals surface area contributed by atoms with Crippen molar-refractivity contribution < 1.29 is 4.43 Å². The normalized spacial score (nSPS) is 16.2. The van der Waals surface area contributed by atoms with Crippen LogP contribution in [-0.2, 0) is 4.43 Å². The molecule has 0 saturated heterocycles. The van der Waals surface area contributed by atoms with E-state index in [2.05, 4.69) is 46.2 Å². The Hall–Kier alpha value is 0.744. The van der Waals surface area contributed by atoms with Crippen LogP contribution in [0.2, 0.25) is 39.3 Å². The van der Waals surface area contributed by atoms with Gasteiger partial charge in [0.15, 0.2) is 8.32 Å². The molecule has 0 aliphatic carbocycles. The Bertz CT molecular complexity index is 121. The zero-order chi connectivity index (χ0) is 9.99. The molecule has 0 saturated carbocycles. The molecule has 0 rings (SSSR count). The van der Waals surface area contributed by atoms with Gasteiger partial charge in [-0.15, -0.1) is 0 Å². The van der Waals surface area contributed by atoms with Crippen LogP contribution in [0.25, 0.3) is 0 Å². The van der Waals surface area contributed by atoms with Gasteiger partial charge in [0.05, 0.1) is 5.44 Å². The molecule has 0 aromatic carbocycles. The third kappa shape index (κ3) is 8.84. The molecule has 74 valence electrons. The zero-order valence-corrected chi connectivity index (χ0v) is 12.2. The highest BCUT2D eigenvalue weighted by molar-refractivity contribution is 8.28. The molecule has 0 radical (unpaired) electrons. The molecule has 12 heavy (non-hydrogen) atoms. The van der Waals surface area contributed by atoms with Gasteiger partial charge in [-0.25, -0.2) is 0 Å². The summed E-state index contributed by atoms with van der Waals surface area (Å²) in [5, 5.41) is 0. The first-order valence-corrected chi connectivity index (χ1v) is 13.0. The summed E-state index contributed by atoms with van der Waals surface area (Å²) in [7, 11) is -2.32. The maximum atomic E-state index is 5.95. The van der Waals surface area contributed by atoms with Crippen LogP contribution >= 0.6 is 11.2 Å². The maximum Gasteiger partial charge on any atom is 0.185 e. The highest BCUT2D eigenvalue weighted by Gasteiger charge is 2.23. The van der Waals surface area contributed by atoms with E-state index in [-0.39, 0.29) is 0 Å². The molecule has 0 aromatic heterocycles. The second kappa shape index (κ2) is 4.31. The van der Waals surface area contributed by atoms with Gasteiger partial charge < -0.3 is 4.43 Å². The van der Waals surface area contributed by atoms with Gasteiger partial charge in [-0.3, -0.25) is 0 Å². The lowest BCUT2D eigenvalue weighted by atomic mass is 10.9.